The second-order valence-electron chi connectivity index (χ2n) is 3.68. The summed E-state index contributed by atoms with van der Waals surface area (Å²) in [6.45, 7) is 3.50. The smallest absolute Gasteiger partial charge is 0.0471 e. The Kier molecular flexibility index (Phi) is 2.23. The van der Waals surface area contributed by atoms with Crippen LogP contribution in [-0.4, -0.2) is 18.3 Å². The van der Waals surface area contributed by atoms with Gasteiger partial charge in [0, 0.05) is 24.8 Å². The lowest BCUT2D eigenvalue weighted by Gasteiger charge is -2.04. The third-order valence-electron chi connectivity index (χ3n) is 2.65. The van der Waals surface area contributed by atoms with Gasteiger partial charge < -0.3 is 10.4 Å². The van der Waals surface area contributed by atoms with Crippen molar-refractivity contribution in [3.8, 4) is 0 Å². The van der Waals surface area contributed by atoms with E-state index in [9.17, 15) is 0 Å². The second-order valence-corrected chi connectivity index (χ2v) is 3.68. The molecule has 0 saturated heterocycles. The molecule has 0 amide bonds. The first-order chi connectivity index (χ1) is 6.31. The standard InChI is InChI=1S/C11H15NO/c1-8-7-12-11-6-9(4-5-13)2-3-10(8)11/h2-3,6,8,12-13H,4-5,7H2,1H3. The predicted molar refractivity (Wildman–Crippen MR) is 54.1 cm³/mol. The van der Waals surface area contributed by atoms with Crippen LogP contribution in [0.15, 0.2) is 18.2 Å². The molecule has 70 valence electrons. The van der Waals surface area contributed by atoms with E-state index >= 15 is 0 Å². The summed E-state index contributed by atoms with van der Waals surface area (Å²) in [5.74, 6) is 0.623. The van der Waals surface area contributed by atoms with Crippen LogP contribution in [0.5, 0.6) is 0 Å². The maximum atomic E-state index is 8.80. The fourth-order valence-corrected chi connectivity index (χ4v) is 1.84. The van der Waals surface area contributed by atoms with Crippen molar-refractivity contribution in [3.05, 3.63) is 29.3 Å². The summed E-state index contributed by atoms with van der Waals surface area (Å²) in [6.07, 6.45) is 0.753. The molecule has 2 nitrogen and oxygen atoms in total. The third-order valence-corrected chi connectivity index (χ3v) is 2.65. The SMILES string of the molecule is CC1CNc2cc(CCO)ccc21. The van der Waals surface area contributed by atoms with E-state index in [1.807, 2.05) is 0 Å². The molecule has 1 aliphatic rings. The zero-order valence-corrected chi connectivity index (χ0v) is 7.88. The molecule has 0 bridgehead atoms. The van der Waals surface area contributed by atoms with E-state index in [0.29, 0.717) is 5.92 Å². The quantitative estimate of drug-likeness (QED) is 0.721. The van der Waals surface area contributed by atoms with Crippen molar-refractivity contribution in [1.29, 1.82) is 0 Å². The third kappa shape index (κ3) is 1.54. The highest BCUT2D eigenvalue weighted by Crippen LogP contribution is 2.31. The molecule has 1 aliphatic heterocycles. The largest absolute Gasteiger partial charge is 0.396 e. The van der Waals surface area contributed by atoms with Gasteiger partial charge in [0.25, 0.3) is 0 Å². The summed E-state index contributed by atoms with van der Waals surface area (Å²) < 4.78 is 0. The molecule has 1 atom stereocenters. The van der Waals surface area contributed by atoms with Gasteiger partial charge in [0.05, 0.1) is 0 Å². The van der Waals surface area contributed by atoms with E-state index < -0.39 is 0 Å². The lowest BCUT2D eigenvalue weighted by atomic mass is 10.0. The molecule has 0 radical (unpaired) electrons. The summed E-state index contributed by atoms with van der Waals surface area (Å²) in [7, 11) is 0. The van der Waals surface area contributed by atoms with E-state index in [-0.39, 0.29) is 6.61 Å². The minimum atomic E-state index is 0.230. The number of aliphatic hydroxyl groups excluding tert-OH is 1. The Labute approximate surface area is 78.6 Å². The summed E-state index contributed by atoms with van der Waals surface area (Å²) in [5.41, 5.74) is 3.86. The Morgan fingerprint density at radius 1 is 1.54 bits per heavy atom. The Morgan fingerprint density at radius 2 is 2.38 bits per heavy atom. The molecule has 1 unspecified atom stereocenters. The van der Waals surface area contributed by atoms with Crippen LogP contribution in [0.2, 0.25) is 0 Å². The predicted octanol–water partition coefficient (Wildman–Crippen LogP) is 1.75. The van der Waals surface area contributed by atoms with Gasteiger partial charge in [-0.2, -0.15) is 0 Å². The minimum Gasteiger partial charge on any atom is -0.396 e. The molecule has 0 saturated carbocycles. The van der Waals surface area contributed by atoms with Crippen LogP contribution >= 0.6 is 0 Å². The lowest BCUT2D eigenvalue weighted by Crippen LogP contribution is -1.96. The van der Waals surface area contributed by atoms with Crippen molar-refractivity contribution in [2.75, 3.05) is 18.5 Å². The molecule has 1 aromatic rings. The van der Waals surface area contributed by atoms with E-state index in [4.69, 9.17) is 5.11 Å². The van der Waals surface area contributed by atoms with Crippen LogP contribution in [-0.2, 0) is 6.42 Å². The van der Waals surface area contributed by atoms with Gasteiger partial charge in [0.1, 0.15) is 0 Å². The molecule has 2 heteroatoms. The van der Waals surface area contributed by atoms with Crippen molar-refractivity contribution in [2.45, 2.75) is 19.3 Å². The number of aliphatic hydroxyl groups is 1. The highest BCUT2D eigenvalue weighted by molar-refractivity contribution is 5.59. The number of hydrogen-bond donors (Lipinski definition) is 2. The summed E-state index contributed by atoms with van der Waals surface area (Å²) in [6, 6.07) is 6.43. The molecule has 2 rings (SSSR count). The molecule has 2 N–H and O–H groups in total. The van der Waals surface area contributed by atoms with Crippen molar-refractivity contribution >= 4 is 5.69 Å². The monoisotopic (exact) mass is 177 g/mol. The topological polar surface area (TPSA) is 32.3 Å². The number of rotatable bonds is 2. The van der Waals surface area contributed by atoms with Crippen molar-refractivity contribution < 1.29 is 5.11 Å². The Hall–Kier alpha value is -1.02. The number of benzene rings is 1. The molecule has 0 fully saturated rings. The zero-order chi connectivity index (χ0) is 9.26. The summed E-state index contributed by atoms with van der Waals surface area (Å²) >= 11 is 0. The van der Waals surface area contributed by atoms with Gasteiger partial charge in [0.15, 0.2) is 0 Å². The molecule has 1 aromatic carbocycles. The number of fused-ring (bicyclic) bond motifs is 1. The van der Waals surface area contributed by atoms with Crippen LogP contribution in [0.1, 0.15) is 24.0 Å². The van der Waals surface area contributed by atoms with Crippen LogP contribution in [0.3, 0.4) is 0 Å². The minimum absolute atomic E-state index is 0.230. The molecule has 0 aromatic heterocycles. The molecular formula is C11H15NO. The van der Waals surface area contributed by atoms with Crippen molar-refractivity contribution in [1.82, 2.24) is 0 Å². The maximum Gasteiger partial charge on any atom is 0.0471 e. The zero-order valence-electron chi connectivity index (χ0n) is 7.88. The first-order valence-electron chi connectivity index (χ1n) is 4.79. The first kappa shape index (κ1) is 8.57. The molecular weight excluding hydrogens is 162 g/mol. The fourth-order valence-electron chi connectivity index (χ4n) is 1.84. The number of anilines is 1. The van der Waals surface area contributed by atoms with Crippen LogP contribution in [0.25, 0.3) is 0 Å². The van der Waals surface area contributed by atoms with Gasteiger partial charge in [-0.1, -0.05) is 19.1 Å². The number of nitrogens with one attached hydrogen (secondary N) is 1. The Balaban J connectivity index is 2.29. The Bertz CT molecular complexity index is 309. The fraction of sp³-hybridized carbons (Fsp3) is 0.455. The average molecular weight is 177 g/mol. The molecule has 0 aliphatic carbocycles. The van der Waals surface area contributed by atoms with Gasteiger partial charge in [-0.05, 0) is 23.6 Å². The van der Waals surface area contributed by atoms with E-state index in [0.717, 1.165) is 13.0 Å². The summed E-state index contributed by atoms with van der Waals surface area (Å²) in [5, 5.41) is 12.2. The van der Waals surface area contributed by atoms with Crippen LogP contribution in [0, 0.1) is 0 Å². The molecule has 0 spiro atoms. The molecule has 1 heterocycles. The van der Waals surface area contributed by atoms with Crippen LogP contribution in [0.4, 0.5) is 5.69 Å². The van der Waals surface area contributed by atoms with Crippen molar-refractivity contribution in [2.24, 2.45) is 0 Å². The normalized spacial score (nSPS) is 19.7. The summed E-state index contributed by atoms with van der Waals surface area (Å²) in [4.78, 5) is 0. The van der Waals surface area contributed by atoms with E-state index in [2.05, 4.69) is 30.4 Å². The average Bonchev–Trinajstić information content (AvgIpc) is 2.48. The van der Waals surface area contributed by atoms with Gasteiger partial charge >= 0.3 is 0 Å². The van der Waals surface area contributed by atoms with Crippen LogP contribution < -0.4 is 5.32 Å². The van der Waals surface area contributed by atoms with Gasteiger partial charge in [-0.15, -0.1) is 0 Å². The first-order valence-corrected chi connectivity index (χ1v) is 4.79. The van der Waals surface area contributed by atoms with Gasteiger partial charge in [-0.3, -0.25) is 0 Å². The number of hydrogen-bond acceptors (Lipinski definition) is 2. The van der Waals surface area contributed by atoms with E-state index in [1.54, 1.807) is 0 Å². The van der Waals surface area contributed by atoms with Crippen molar-refractivity contribution in [3.63, 3.8) is 0 Å². The van der Waals surface area contributed by atoms with Gasteiger partial charge in [0.2, 0.25) is 0 Å². The highest BCUT2D eigenvalue weighted by Gasteiger charge is 2.17. The highest BCUT2D eigenvalue weighted by atomic mass is 16.2. The molecule has 13 heavy (non-hydrogen) atoms. The Morgan fingerprint density at radius 3 is 3.15 bits per heavy atom. The second kappa shape index (κ2) is 3.38. The lowest BCUT2D eigenvalue weighted by molar-refractivity contribution is 0.299. The maximum absolute atomic E-state index is 8.80. The van der Waals surface area contributed by atoms with Gasteiger partial charge in [-0.25, -0.2) is 0 Å². The van der Waals surface area contributed by atoms with E-state index in [1.165, 1.54) is 16.8 Å².